The number of Topliss-reactive ketones (excluding diaryl/α,β-unsaturated/α-hetero) is 1. The first kappa shape index (κ1) is 17.6. The van der Waals surface area contributed by atoms with Gasteiger partial charge in [0.25, 0.3) is 0 Å². The van der Waals surface area contributed by atoms with Crippen molar-refractivity contribution in [2.75, 3.05) is 40.0 Å². The number of hydrogen-bond acceptors (Lipinski definition) is 4. The van der Waals surface area contributed by atoms with Gasteiger partial charge in [0.15, 0.2) is 5.78 Å². The fourth-order valence-electron chi connectivity index (χ4n) is 2.10. The molecule has 0 aromatic heterocycles. The van der Waals surface area contributed by atoms with E-state index < -0.39 is 5.82 Å². The molecule has 118 valence electrons. The maximum Gasteiger partial charge on any atom is 0.170 e. The third-order valence-electron chi connectivity index (χ3n) is 3.33. The molecule has 0 N–H and O–H groups in total. The van der Waals surface area contributed by atoms with Crippen molar-refractivity contribution < 1.29 is 18.7 Å². The number of nitrogens with zero attached hydrogens (tertiary/aromatic N) is 1. The molecule has 0 aliphatic rings. The van der Waals surface area contributed by atoms with Crippen LogP contribution >= 0.6 is 0 Å². The lowest BCUT2D eigenvalue weighted by Crippen LogP contribution is -2.30. The molecule has 1 aromatic carbocycles. The van der Waals surface area contributed by atoms with Crippen LogP contribution in [-0.4, -0.2) is 50.6 Å². The van der Waals surface area contributed by atoms with Gasteiger partial charge < -0.3 is 14.4 Å². The predicted molar refractivity (Wildman–Crippen MR) is 80.5 cm³/mol. The van der Waals surface area contributed by atoms with Crippen LogP contribution < -0.4 is 4.74 Å². The molecule has 0 aliphatic carbocycles. The van der Waals surface area contributed by atoms with Gasteiger partial charge in [-0.05, 0) is 25.6 Å². The standard InChI is InChI=1S/C16H24FNO3/c1-4-18(11-12-21-5-2)10-9-14(19)16-13(17)7-6-8-15(16)20-3/h6-8H,4-5,9-12H2,1-3H3. The maximum atomic E-state index is 13.8. The van der Waals surface area contributed by atoms with Crippen LogP contribution in [0.5, 0.6) is 5.75 Å². The first-order chi connectivity index (χ1) is 10.1. The smallest absolute Gasteiger partial charge is 0.170 e. The van der Waals surface area contributed by atoms with Crippen molar-refractivity contribution in [2.24, 2.45) is 0 Å². The van der Waals surface area contributed by atoms with Crippen LogP contribution in [-0.2, 0) is 4.74 Å². The third kappa shape index (κ3) is 5.44. The molecule has 0 saturated carbocycles. The van der Waals surface area contributed by atoms with Gasteiger partial charge in [0.05, 0.1) is 19.3 Å². The molecule has 1 aromatic rings. The second kappa shape index (κ2) is 9.47. The Bertz CT molecular complexity index is 451. The highest BCUT2D eigenvalue weighted by molar-refractivity contribution is 5.99. The van der Waals surface area contributed by atoms with Crippen LogP contribution in [0.4, 0.5) is 4.39 Å². The fourth-order valence-corrected chi connectivity index (χ4v) is 2.10. The van der Waals surface area contributed by atoms with Crippen molar-refractivity contribution in [1.82, 2.24) is 4.90 Å². The van der Waals surface area contributed by atoms with Gasteiger partial charge in [-0.15, -0.1) is 0 Å². The Labute approximate surface area is 125 Å². The molecule has 0 heterocycles. The summed E-state index contributed by atoms with van der Waals surface area (Å²) in [6.07, 6.45) is 0.261. The first-order valence-electron chi connectivity index (χ1n) is 7.29. The monoisotopic (exact) mass is 297 g/mol. The van der Waals surface area contributed by atoms with Crippen molar-refractivity contribution in [1.29, 1.82) is 0 Å². The minimum atomic E-state index is -0.531. The Kier molecular flexibility index (Phi) is 7.93. The second-order valence-corrected chi connectivity index (χ2v) is 4.62. The van der Waals surface area contributed by atoms with E-state index in [1.165, 1.54) is 19.2 Å². The normalized spacial score (nSPS) is 10.9. The lowest BCUT2D eigenvalue weighted by atomic mass is 10.1. The van der Waals surface area contributed by atoms with Crippen LogP contribution in [0.15, 0.2) is 18.2 Å². The second-order valence-electron chi connectivity index (χ2n) is 4.62. The average Bonchev–Trinajstić information content (AvgIpc) is 2.50. The molecular formula is C16H24FNO3. The number of ketones is 1. The average molecular weight is 297 g/mol. The van der Waals surface area contributed by atoms with Crippen LogP contribution in [0.1, 0.15) is 30.6 Å². The third-order valence-corrected chi connectivity index (χ3v) is 3.33. The molecule has 4 nitrogen and oxygen atoms in total. The van der Waals surface area contributed by atoms with E-state index in [9.17, 15) is 9.18 Å². The number of carbonyl (C=O) groups is 1. The van der Waals surface area contributed by atoms with Crippen molar-refractivity contribution in [3.05, 3.63) is 29.6 Å². The van der Waals surface area contributed by atoms with Crippen LogP contribution in [0.3, 0.4) is 0 Å². The number of benzene rings is 1. The van der Waals surface area contributed by atoms with Crippen molar-refractivity contribution in [3.63, 3.8) is 0 Å². The Morgan fingerprint density at radius 1 is 1.29 bits per heavy atom. The molecule has 0 atom stereocenters. The maximum absolute atomic E-state index is 13.8. The van der Waals surface area contributed by atoms with Crippen LogP contribution in [0.2, 0.25) is 0 Å². The molecular weight excluding hydrogens is 273 g/mol. The van der Waals surface area contributed by atoms with Crippen molar-refractivity contribution in [3.8, 4) is 5.75 Å². The number of methoxy groups -OCH3 is 1. The highest BCUT2D eigenvalue weighted by Gasteiger charge is 2.18. The predicted octanol–water partition coefficient (Wildman–Crippen LogP) is 2.77. The highest BCUT2D eigenvalue weighted by Crippen LogP contribution is 2.22. The lowest BCUT2D eigenvalue weighted by molar-refractivity contribution is 0.0923. The topological polar surface area (TPSA) is 38.8 Å². The zero-order valence-corrected chi connectivity index (χ0v) is 13.0. The Morgan fingerprint density at radius 2 is 2.05 bits per heavy atom. The minimum absolute atomic E-state index is 0.0425. The molecule has 0 fully saturated rings. The molecule has 0 radical (unpaired) electrons. The summed E-state index contributed by atoms with van der Waals surface area (Å²) in [5.74, 6) is -0.478. The number of hydrogen-bond donors (Lipinski definition) is 0. The van der Waals surface area contributed by atoms with Gasteiger partial charge in [-0.3, -0.25) is 4.79 Å². The van der Waals surface area contributed by atoms with Crippen LogP contribution in [0, 0.1) is 5.82 Å². The number of ether oxygens (including phenoxy) is 2. The quantitative estimate of drug-likeness (QED) is 0.492. The molecule has 0 saturated heterocycles. The number of carbonyl (C=O) groups excluding carboxylic acids is 1. The SMILES string of the molecule is CCOCCN(CC)CCC(=O)c1c(F)cccc1OC. The fraction of sp³-hybridized carbons (Fsp3) is 0.562. The molecule has 0 unspecified atom stereocenters. The van der Waals surface area contributed by atoms with Gasteiger partial charge in [-0.1, -0.05) is 13.0 Å². The van der Waals surface area contributed by atoms with Gasteiger partial charge >= 0.3 is 0 Å². The van der Waals surface area contributed by atoms with Gasteiger partial charge in [0.1, 0.15) is 11.6 Å². The Balaban J connectivity index is 2.60. The molecule has 21 heavy (non-hydrogen) atoms. The van der Waals surface area contributed by atoms with E-state index in [0.717, 1.165) is 13.1 Å². The summed E-state index contributed by atoms with van der Waals surface area (Å²) in [6.45, 7) is 7.48. The number of halogens is 1. The minimum Gasteiger partial charge on any atom is -0.496 e. The lowest BCUT2D eigenvalue weighted by Gasteiger charge is -2.20. The van der Waals surface area contributed by atoms with E-state index in [2.05, 4.69) is 4.90 Å². The number of rotatable bonds is 10. The largest absolute Gasteiger partial charge is 0.496 e. The van der Waals surface area contributed by atoms with E-state index in [4.69, 9.17) is 9.47 Å². The van der Waals surface area contributed by atoms with E-state index in [1.807, 2.05) is 13.8 Å². The molecule has 5 heteroatoms. The van der Waals surface area contributed by atoms with Gasteiger partial charge in [0, 0.05) is 26.1 Å². The summed E-state index contributed by atoms with van der Waals surface area (Å²) in [5, 5.41) is 0. The summed E-state index contributed by atoms with van der Waals surface area (Å²) >= 11 is 0. The zero-order chi connectivity index (χ0) is 15.7. The first-order valence-corrected chi connectivity index (χ1v) is 7.29. The summed E-state index contributed by atoms with van der Waals surface area (Å²) in [6, 6.07) is 4.41. The summed E-state index contributed by atoms with van der Waals surface area (Å²) in [7, 11) is 1.44. The Hall–Kier alpha value is -1.46. The molecule has 0 spiro atoms. The van der Waals surface area contributed by atoms with Gasteiger partial charge in [-0.2, -0.15) is 0 Å². The van der Waals surface area contributed by atoms with E-state index in [1.54, 1.807) is 6.07 Å². The van der Waals surface area contributed by atoms with E-state index in [-0.39, 0.29) is 23.5 Å². The van der Waals surface area contributed by atoms with E-state index >= 15 is 0 Å². The summed E-state index contributed by atoms with van der Waals surface area (Å²) in [4.78, 5) is 14.3. The number of likely N-dealkylation sites (N-methyl/N-ethyl adjacent to an activating group) is 1. The van der Waals surface area contributed by atoms with Crippen molar-refractivity contribution in [2.45, 2.75) is 20.3 Å². The van der Waals surface area contributed by atoms with Crippen LogP contribution in [0.25, 0.3) is 0 Å². The Morgan fingerprint density at radius 3 is 2.67 bits per heavy atom. The molecule has 0 aliphatic heterocycles. The summed E-state index contributed by atoms with van der Waals surface area (Å²) in [5.41, 5.74) is 0.0425. The summed E-state index contributed by atoms with van der Waals surface area (Å²) < 4.78 is 24.2. The van der Waals surface area contributed by atoms with E-state index in [0.29, 0.717) is 19.8 Å². The van der Waals surface area contributed by atoms with Gasteiger partial charge in [-0.25, -0.2) is 4.39 Å². The molecule has 1 rings (SSSR count). The van der Waals surface area contributed by atoms with Gasteiger partial charge in [0.2, 0.25) is 0 Å². The zero-order valence-electron chi connectivity index (χ0n) is 13.0. The molecule has 0 amide bonds. The molecule has 0 bridgehead atoms. The van der Waals surface area contributed by atoms with Crippen molar-refractivity contribution >= 4 is 5.78 Å². The highest BCUT2D eigenvalue weighted by atomic mass is 19.1.